The molecule has 18 heavy (non-hydrogen) atoms. The summed E-state index contributed by atoms with van der Waals surface area (Å²) in [4.78, 5) is -0.0559. The first-order valence-corrected chi connectivity index (χ1v) is 7.78. The molecule has 1 N–H and O–H groups in total. The number of benzene rings is 1. The maximum atomic E-state index is 13.4. The van der Waals surface area contributed by atoms with Crippen molar-refractivity contribution >= 4 is 26.0 Å². The molecule has 0 atom stereocenters. The molecule has 0 spiro atoms. The number of nitrogens with zero attached hydrogens (tertiary/aromatic N) is 1. The Morgan fingerprint density at radius 3 is 2.50 bits per heavy atom. The maximum Gasteiger partial charge on any atom is 0.243 e. The Kier molecular flexibility index (Phi) is 4.05. The van der Waals surface area contributed by atoms with Gasteiger partial charge in [-0.05, 0) is 47.0 Å². The molecule has 1 heterocycles. The monoisotopic (exact) mass is 337 g/mol. The molecule has 1 aliphatic heterocycles. The number of halogens is 2. The van der Waals surface area contributed by atoms with E-state index in [1.54, 1.807) is 0 Å². The summed E-state index contributed by atoms with van der Waals surface area (Å²) < 4.78 is 39.3. The van der Waals surface area contributed by atoms with Gasteiger partial charge in [0.1, 0.15) is 5.82 Å². The van der Waals surface area contributed by atoms with E-state index < -0.39 is 21.9 Å². The highest BCUT2D eigenvalue weighted by molar-refractivity contribution is 9.10. The molecule has 1 saturated heterocycles. The Hall–Kier alpha value is -0.500. The lowest BCUT2D eigenvalue weighted by Gasteiger charge is -2.28. The van der Waals surface area contributed by atoms with Gasteiger partial charge >= 0.3 is 0 Å². The van der Waals surface area contributed by atoms with Crippen LogP contribution in [0, 0.1) is 5.82 Å². The van der Waals surface area contributed by atoms with Gasteiger partial charge in [0.15, 0.2) is 0 Å². The zero-order chi connectivity index (χ0) is 13.3. The fourth-order valence-corrected chi connectivity index (χ4v) is 3.60. The Bertz CT molecular complexity index is 541. The van der Waals surface area contributed by atoms with Gasteiger partial charge in [-0.1, -0.05) is 0 Å². The largest absolute Gasteiger partial charge is 0.393 e. The van der Waals surface area contributed by atoms with Crippen LogP contribution >= 0.6 is 15.9 Å². The predicted octanol–water partition coefficient (Wildman–Crippen LogP) is 1.73. The van der Waals surface area contributed by atoms with E-state index >= 15 is 0 Å². The average molecular weight is 338 g/mol. The minimum Gasteiger partial charge on any atom is -0.393 e. The summed E-state index contributed by atoms with van der Waals surface area (Å²) >= 11 is 2.98. The van der Waals surface area contributed by atoms with Crippen LogP contribution in [0.15, 0.2) is 27.6 Å². The standard InChI is InChI=1S/C11H13BrFNO3S/c12-10-2-1-9(7-11(10)13)18(16,17)14-5-3-8(15)4-6-14/h1-2,7-8,15H,3-6H2. The molecule has 0 aliphatic carbocycles. The fraction of sp³-hybridized carbons (Fsp3) is 0.455. The predicted molar refractivity (Wildman–Crippen MR) is 68.1 cm³/mol. The van der Waals surface area contributed by atoms with Crippen molar-refractivity contribution in [3.05, 3.63) is 28.5 Å². The Balaban J connectivity index is 2.27. The number of aliphatic hydroxyl groups is 1. The Labute approximate surface area is 114 Å². The van der Waals surface area contributed by atoms with Gasteiger partial charge in [-0.2, -0.15) is 4.31 Å². The van der Waals surface area contributed by atoms with Gasteiger partial charge in [-0.25, -0.2) is 12.8 Å². The molecule has 1 aromatic rings. The van der Waals surface area contributed by atoms with Crippen LogP contribution in [0.3, 0.4) is 0 Å². The molecule has 0 saturated carbocycles. The van der Waals surface area contributed by atoms with E-state index in [2.05, 4.69) is 15.9 Å². The van der Waals surface area contributed by atoms with Crippen molar-refractivity contribution in [1.82, 2.24) is 4.31 Å². The third-order valence-corrected chi connectivity index (χ3v) is 5.49. The van der Waals surface area contributed by atoms with Gasteiger partial charge in [0, 0.05) is 13.1 Å². The van der Waals surface area contributed by atoms with Crippen LogP contribution in [-0.4, -0.2) is 37.0 Å². The summed E-state index contributed by atoms with van der Waals surface area (Å²) in [6.07, 6.45) is 0.384. The molecule has 0 unspecified atom stereocenters. The van der Waals surface area contributed by atoms with E-state index in [1.807, 2.05) is 0 Å². The minimum absolute atomic E-state index is 0.0559. The number of sulfonamides is 1. The first-order valence-electron chi connectivity index (χ1n) is 5.54. The average Bonchev–Trinajstić information content (AvgIpc) is 2.33. The van der Waals surface area contributed by atoms with Crippen LogP contribution in [0.1, 0.15) is 12.8 Å². The lowest BCUT2D eigenvalue weighted by Crippen LogP contribution is -2.40. The zero-order valence-electron chi connectivity index (χ0n) is 9.51. The second-order valence-corrected chi connectivity index (χ2v) is 7.00. The van der Waals surface area contributed by atoms with Crippen LogP contribution in [0.25, 0.3) is 0 Å². The van der Waals surface area contributed by atoms with Gasteiger partial charge in [0.2, 0.25) is 10.0 Å². The summed E-state index contributed by atoms with van der Waals surface area (Å²) in [5.74, 6) is -0.604. The number of hydrogen-bond donors (Lipinski definition) is 1. The van der Waals surface area contributed by atoms with Crippen molar-refractivity contribution in [3.8, 4) is 0 Å². The highest BCUT2D eigenvalue weighted by Crippen LogP contribution is 2.24. The van der Waals surface area contributed by atoms with Crippen LogP contribution in [0.4, 0.5) is 4.39 Å². The molecular weight excluding hydrogens is 325 g/mol. The van der Waals surface area contributed by atoms with Crippen molar-refractivity contribution in [3.63, 3.8) is 0 Å². The molecular formula is C11H13BrFNO3S. The molecule has 4 nitrogen and oxygen atoms in total. The van der Waals surface area contributed by atoms with Crippen molar-refractivity contribution in [2.75, 3.05) is 13.1 Å². The molecule has 0 aromatic heterocycles. The summed E-state index contributed by atoms with van der Waals surface area (Å²) in [6, 6.07) is 3.75. The molecule has 100 valence electrons. The maximum absolute atomic E-state index is 13.4. The van der Waals surface area contributed by atoms with Gasteiger partial charge in [-0.3, -0.25) is 0 Å². The number of hydrogen-bond acceptors (Lipinski definition) is 3. The van der Waals surface area contributed by atoms with E-state index in [9.17, 15) is 17.9 Å². The van der Waals surface area contributed by atoms with Gasteiger partial charge < -0.3 is 5.11 Å². The highest BCUT2D eigenvalue weighted by atomic mass is 79.9. The topological polar surface area (TPSA) is 57.6 Å². The summed E-state index contributed by atoms with van der Waals surface area (Å²) in [5, 5.41) is 9.36. The quantitative estimate of drug-likeness (QED) is 0.894. The van der Waals surface area contributed by atoms with Crippen LogP contribution in [0.2, 0.25) is 0 Å². The number of aliphatic hydroxyl groups excluding tert-OH is 1. The fourth-order valence-electron chi connectivity index (χ4n) is 1.87. The third-order valence-electron chi connectivity index (χ3n) is 2.95. The normalized spacial score (nSPS) is 19.1. The van der Waals surface area contributed by atoms with Crippen molar-refractivity contribution in [1.29, 1.82) is 0 Å². The van der Waals surface area contributed by atoms with E-state index in [-0.39, 0.29) is 22.5 Å². The molecule has 2 rings (SSSR count). The van der Waals surface area contributed by atoms with E-state index in [0.717, 1.165) is 6.07 Å². The lowest BCUT2D eigenvalue weighted by atomic mass is 10.1. The van der Waals surface area contributed by atoms with Crippen molar-refractivity contribution in [2.24, 2.45) is 0 Å². The second kappa shape index (κ2) is 5.24. The Morgan fingerprint density at radius 2 is 1.94 bits per heavy atom. The Morgan fingerprint density at radius 1 is 1.33 bits per heavy atom. The summed E-state index contributed by atoms with van der Waals surface area (Å²) in [5.41, 5.74) is 0. The van der Waals surface area contributed by atoms with E-state index in [1.165, 1.54) is 16.4 Å². The van der Waals surface area contributed by atoms with Crippen molar-refractivity contribution < 1.29 is 17.9 Å². The van der Waals surface area contributed by atoms with E-state index in [4.69, 9.17) is 0 Å². The van der Waals surface area contributed by atoms with E-state index in [0.29, 0.717) is 12.8 Å². The third kappa shape index (κ3) is 2.74. The molecule has 0 amide bonds. The molecule has 0 bridgehead atoms. The molecule has 1 aromatic carbocycles. The molecule has 1 aliphatic rings. The smallest absolute Gasteiger partial charge is 0.243 e. The first-order chi connectivity index (χ1) is 8.41. The SMILES string of the molecule is O=S(=O)(c1ccc(Br)c(F)c1)N1CCC(O)CC1. The van der Waals surface area contributed by atoms with Crippen LogP contribution in [0.5, 0.6) is 0 Å². The van der Waals surface area contributed by atoms with Crippen LogP contribution < -0.4 is 0 Å². The zero-order valence-corrected chi connectivity index (χ0v) is 11.9. The lowest BCUT2D eigenvalue weighted by molar-refractivity contribution is 0.113. The summed E-state index contributed by atoms with van der Waals surface area (Å²) in [7, 11) is -3.66. The molecule has 1 fully saturated rings. The number of piperidine rings is 1. The minimum atomic E-state index is -3.66. The van der Waals surface area contributed by atoms with Gasteiger partial charge in [-0.15, -0.1) is 0 Å². The number of rotatable bonds is 2. The highest BCUT2D eigenvalue weighted by Gasteiger charge is 2.29. The van der Waals surface area contributed by atoms with Crippen molar-refractivity contribution in [2.45, 2.75) is 23.8 Å². The van der Waals surface area contributed by atoms with Gasteiger partial charge in [0.25, 0.3) is 0 Å². The van der Waals surface area contributed by atoms with Crippen LogP contribution in [-0.2, 0) is 10.0 Å². The molecule has 7 heteroatoms. The summed E-state index contributed by atoms with van der Waals surface area (Å²) in [6.45, 7) is 0.530. The van der Waals surface area contributed by atoms with Gasteiger partial charge in [0.05, 0.1) is 15.5 Å². The first kappa shape index (κ1) is 13.9. The molecule has 0 radical (unpaired) electrons. The second-order valence-electron chi connectivity index (χ2n) is 4.21.